The van der Waals surface area contributed by atoms with E-state index in [-0.39, 0.29) is 17.2 Å². The molecule has 0 unspecified atom stereocenters. The molecule has 9 heteroatoms. The first-order valence-corrected chi connectivity index (χ1v) is 8.83. The molecule has 0 saturated carbocycles. The zero-order valence-corrected chi connectivity index (χ0v) is 12.3. The maximum Gasteiger partial charge on any atom is 0.294 e. The average molecular weight is 311 g/mol. The number of thioether (sulfide) groups is 1. The smallest absolute Gasteiger partial charge is 0.294 e. The van der Waals surface area contributed by atoms with Crippen LogP contribution in [0.5, 0.6) is 0 Å². The van der Waals surface area contributed by atoms with E-state index in [0.717, 1.165) is 29.4 Å². The summed E-state index contributed by atoms with van der Waals surface area (Å²) in [6.07, 6.45) is 0.357. The van der Waals surface area contributed by atoms with Crippen molar-refractivity contribution in [2.45, 2.75) is 17.2 Å². The van der Waals surface area contributed by atoms with E-state index in [1.807, 2.05) is 0 Å². The van der Waals surface area contributed by atoms with Gasteiger partial charge in [0.05, 0.1) is 16.8 Å². The third kappa shape index (κ3) is 4.56. The number of nitrogens with zero attached hydrogens (tertiary/aromatic N) is 1. The van der Waals surface area contributed by atoms with Gasteiger partial charge in [0, 0.05) is 23.0 Å². The molecule has 0 fully saturated rings. The molecule has 1 atom stereocenters. The lowest BCUT2D eigenvalue weighted by molar-refractivity contribution is -0.387. The minimum atomic E-state index is -3.07. The van der Waals surface area contributed by atoms with Gasteiger partial charge in [0.25, 0.3) is 5.69 Å². The molecule has 1 aromatic heterocycles. The van der Waals surface area contributed by atoms with Crippen molar-refractivity contribution in [2.75, 3.05) is 17.8 Å². The van der Waals surface area contributed by atoms with Crippen molar-refractivity contribution in [3.05, 3.63) is 21.1 Å². The highest BCUT2D eigenvalue weighted by Crippen LogP contribution is 2.39. The lowest BCUT2D eigenvalue weighted by atomic mass is 10.3. The van der Waals surface area contributed by atoms with Gasteiger partial charge in [-0.2, -0.15) is 0 Å². The Morgan fingerprint density at radius 2 is 2.22 bits per heavy atom. The third-order valence-corrected chi connectivity index (χ3v) is 5.77. The van der Waals surface area contributed by atoms with Gasteiger partial charge in [-0.05, 0) is 6.92 Å². The van der Waals surface area contributed by atoms with Gasteiger partial charge in [-0.15, -0.1) is 23.1 Å². The molecule has 0 spiro atoms. The molecule has 1 rings (SSSR count). The topological polar surface area (TPSA) is 97.5 Å². The quantitative estimate of drug-likeness (QED) is 0.489. The van der Waals surface area contributed by atoms with Crippen molar-refractivity contribution >= 4 is 38.6 Å². The molecule has 102 valence electrons. The van der Waals surface area contributed by atoms with E-state index in [9.17, 15) is 23.6 Å². The highest BCUT2D eigenvalue weighted by atomic mass is 32.2. The predicted molar refractivity (Wildman–Crippen MR) is 72.0 cm³/mol. The summed E-state index contributed by atoms with van der Waals surface area (Å²) >= 11 is 2.25. The van der Waals surface area contributed by atoms with Gasteiger partial charge in [0.2, 0.25) is 0 Å². The summed E-state index contributed by atoms with van der Waals surface area (Å²) in [6, 6.07) is 1.33. The second-order valence-corrected chi connectivity index (χ2v) is 8.44. The Bertz CT molecular complexity index is 534. The number of thiophene rings is 1. The lowest BCUT2D eigenvalue weighted by Crippen LogP contribution is -2.04. The summed E-state index contributed by atoms with van der Waals surface area (Å²) in [4.78, 5) is 10.8. The van der Waals surface area contributed by atoms with Crippen LogP contribution in [0.3, 0.4) is 0 Å². The molecule has 1 N–H and O–H groups in total. The van der Waals surface area contributed by atoms with Crippen LogP contribution in [0.25, 0.3) is 0 Å². The van der Waals surface area contributed by atoms with Crippen molar-refractivity contribution < 1.29 is 18.4 Å². The van der Waals surface area contributed by atoms with Crippen molar-refractivity contribution in [1.82, 2.24) is 0 Å². The highest BCUT2D eigenvalue weighted by molar-refractivity contribution is 8.02. The van der Waals surface area contributed by atoms with Crippen LogP contribution in [-0.2, 0) is 9.84 Å². The highest BCUT2D eigenvalue weighted by Gasteiger charge is 2.21. The molecule has 0 aliphatic heterocycles. The van der Waals surface area contributed by atoms with Gasteiger partial charge >= 0.3 is 0 Å². The predicted octanol–water partition coefficient (Wildman–Crippen LogP) is 1.85. The first kappa shape index (κ1) is 15.4. The Balaban J connectivity index is 2.83. The van der Waals surface area contributed by atoms with Crippen LogP contribution in [0.2, 0.25) is 0 Å². The Kier molecular flexibility index (Phi) is 5.14. The number of nitro groups is 1. The first-order valence-electron chi connectivity index (χ1n) is 4.97. The van der Waals surface area contributed by atoms with E-state index in [0.29, 0.717) is 9.09 Å². The molecule has 0 aliphatic carbocycles. The molecule has 1 heterocycles. The fourth-order valence-corrected chi connectivity index (χ4v) is 4.68. The van der Waals surface area contributed by atoms with E-state index >= 15 is 0 Å². The van der Waals surface area contributed by atoms with Gasteiger partial charge in [-0.1, -0.05) is 0 Å². The first-order chi connectivity index (χ1) is 8.20. The molecule has 18 heavy (non-hydrogen) atoms. The summed E-state index contributed by atoms with van der Waals surface area (Å²) in [7, 11) is -3.07. The average Bonchev–Trinajstić information content (AvgIpc) is 2.59. The maximum absolute atomic E-state index is 11.0. The minimum absolute atomic E-state index is 0.0310. The van der Waals surface area contributed by atoms with Crippen LogP contribution in [0.15, 0.2) is 10.3 Å². The van der Waals surface area contributed by atoms with Crippen LogP contribution in [0.1, 0.15) is 17.9 Å². The van der Waals surface area contributed by atoms with Gasteiger partial charge in [0.15, 0.2) is 0 Å². The van der Waals surface area contributed by atoms with Gasteiger partial charge in [-0.3, -0.25) is 10.1 Å². The van der Waals surface area contributed by atoms with Crippen molar-refractivity contribution in [1.29, 1.82) is 0 Å². The second kappa shape index (κ2) is 6.00. The van der Waals surface area contributed by atoms with E-state index in [4.69, 9.17) is 0 Å². The molecule has 0 saturated heterocycles. The summed E-state index contributed by atoms with van der Waals surface area (Å²) in [5.41, 5.74) is -0.0746. The molecule has 0 aromatic carbocycles. The van der Waals surface area contributed by atoms with Gasteiger partial charge in [0.1, 0.15) is 14.0 Å². The molecule has 6 nitrogen and oxygen atoms in total. The number of aliphatic hydroxyl groups excluding tert-OH is 1. The number of sulfone groups is 1. The number of aliphatic hydroxyl groups is 1. The Labute approximate surface area is 113 Å². The molecular formula is C9H13NO5S3. The molecule has 0 bridgehead atoms. The van der Waals surface area contributed by atoms with Gasteiger partial charge in [-0.25, -0.2) is 8.42 Å². The van der Waals surface area contributed by atoms with E-state index in [1.165, 1.54) is 13.0 Å². The Morgan fingerprint density at radius 1 is 1.61 bits per heavy atom. The second-order valence-electron chi connectivity index (χ2n) is 3.73. The van der Waals surface area contributed by atoms with Gasteiger partial charge < -0.3 is 5.11 Å². The minimum Gasteiger partial charge on any atom is -0.388 e. The molecule has 0 radical (unpaired) electrons. The van der Waals surface area contributed by atoms with Crippen LogP contribution >= 0.6 is 23.1 Å². The molecule has 0 amide bonds. The van der Waals surface area contributed by atoms with Crippen LogP contribution in [-0.4, -0.2) is 36.2 Å². The Hall–Kier alpha value is -0.640. The summed E-state index contributed by atoms with van der Waals surface area (Å²) in [6.45, 7) is 1.53. The lowest BCUT2D eigenvalue weighted by Gasteiger charge is -1.98. The Morgan fingerprint density at radius 3 is 2.67 bits per heavy atom. The zero-order chi connectivity index (χ0) is 13.9. The van der Waals surface area contributed by atoms with Crippen LogP contribution in [0, 0.1) is 10.1 Å². The summed E-state index contributed by atoms with van der Waals surface area (Å²) in [5.74, 6) is 0.232. The van der Waals surface area contributed by atoms with Crippen molar-refractivity contribution in [2.24, 2.45) is 0 Å². The van der Waals surface area contributed by atoms with E-state index in [1.54, 1.807) is 0 Å². The largest absolute Gasteiger partial charge is 0.388 e. The number of hydrogen-bond donors (Lipinski definition) is 1. The standard InChI is InChI=1S/C9H13NO5S3/c1-6(11)8-5-7(10(12)13)9(17-8)16-3-4-18(2,14)15/h5-6,11H,3-4H2,1-2H3/t6-/m0/s1. The van der Waals surface area contributed by atoms with Crippen LogP contribution < -0.4 is 0 Å². The molecular weight excluding hydrogens is 298 g/mol. The van der Waals surface area contributed by atoms with E-state index < -0.39 is 20.9 Å². The summed E-state index contributed by atoms with van der Waals surface area (Å²) in [5, 5.41) is 20.2. The molecule has 0 aliphatic rings. The zero-order valence-electron chi connectivity index (χ0n) is 9.82. The number of rotatable bonds is 6. The maximum atomic E-state index is 11.0. The fourth-order valence-electron chi connectivity index (χ4n) is 1.10. The summed E-state index contributed by atoms with van der Waals surface area (Å²) < 4.78 is 22.4. The normalized spacial score (nSPS) is 13.5. The van der Waals surface area contributed by atoms with Crippen molar-refractivity contribution in [3.8, 4) is 0 Å². The number of hydrogen-bond acceptors (Lipinski definition) is 7. The monoisotopic (exact) mass is 311 g/mol. The van der Waals surface area contributed by atoms with Crippen molar-refractivity contribution in [3.63, 3.8) is 0 Å². The van der Waals surface area contributed by atoms with E-state index in [2.05, 4.69) is 0 Å². The molecule has 1 aromatic rings. The fraction of sp³-hybridized carbons (Fsp3) is 0.556. The van der Waals surface area contributed by atoms with Crippen LogP contribution in [0.4, 0.5) is 5.69 Å². The third-order valence-electron chi connectivity index (χ3n) is 1.99. The SMILES string of the molecule is C[C@H](O)c1cc([N+](=O)[O-])c(SCCS(C)(=O)=O)s1.